The van der Waals surface area contributed by atoms with E-state index < -0.39 is 29.6 Å². The molecule has 0 aliphatic carbocycles. The van der Waals surface area contributed by atoms with E-state index in [4.69, 9.17) is 14.6 Å². The van der Waals surface area contributed by atoms with Crippen LogP contribution in [-0.2, 0) is 19.1 Å². The second-order valence-electron chi connectivity index (χ2n) is 4.73. The van der Waals surface area contributed by atoms with Gasteiger partial charge < -0.3 is 14.6 Å². The Morgan fingerprint density at radius 3 is 2.06 bits per heavy atom. The number of esters is 2. The molecular weight excluding hydrogens is 212 g/mol. The predicted molar refractivity (Wildman–Crippen MR) is 57.6 cm³/mol. The van der Waals surface area contributed by atoms with Gasteiger partial charge in [-0.05, 0) is 34.6 Å². The molecule has 5 nitrogen and oxygen atoms in total. The Balaban J connectivity index is 4.21. The van der Waals surface area contributed by atoms with Gasteiger partial charge in [-0.2, -0.15) is 0 Å². The third-order valence-electron chi connectivity index (χ3n) is 1.80. The quantitative estimate of drug-likeness (QED) is 0.729. The summed E-state index contributed by atoms with van der Waals surface area (Å²) < 4.78 is 9.74. The van der Waals surface area contributed by atoms with Gasteiger partial charge in [-0.25, -0.2) is 4.79 Å². The van der Waals surface area contributed by atoms with E-state index >= 15 is 0 Å². The SMILES string of the molecule is CC(CO)OC(=O)C(C)OC(=O)C(C)(C)C. The first-order valence-corrected chi connectivity index (χ1v) is 5.21. The summed E-state index contributed by atoms with van der Waals surface area (Å²) in [7, 11) is 0. The van der Waals surface area contributed by atoms with Crippen LogP contribution in [0.2, 0.25) is 0 Å². The van der Waals surface area contributed by atoms with Crippen molar-refractivity contribution in [2.24, 2.45) is 5.41 Å². The maximum atomic E-state index is 11.5. The number of carbonyl (C=O) groups is 2. The molecule has 2 atom stereocenters. The lowest BCUT2D eigenvalue weighted by molar-refractivity contribution is -0.175. The zero-order valence-electron chi connectivity index (χ0n) is 10.4. The van der Waals surface area contributed by atoms with Gasteiger partial charge in [0.05, 0.1) is 12.0 Å². The minimum Gasteiger partial charge on any atom is -0.457 e. The molecule has 1 N–H and O–H groups in total. The molecule has 2 unspecified atom stereocenters. The summed E-state index contributed by atoms with van der Waals surface area (Å²) in [6.07, 6.45) is -1.55. The number of aliphatic hydroxyl groups is 1. The van der Waals surface area contributed by atoms with E-state index in [1.165, 1.54) is 6.92 Å². The molecule has 0 bridgehead atoms. The summed E-state index contributed by atoms with van der Waals surface area (Å²) in [5, 5.41) is 8.69. The van der Waals surface area contributed by atoms with Crippen LogP contribution in [0.5, 0.6) is 0 Å². The van der Waals surface area contributed by atoms with Crippen LogP contribution in [0.25, 0.3) is 0 Å². The minimum absolute atomic E-state index is 0.258. The van der Waals surface area contributed by atoms with E-state index in [9.17, 15) is 9.59 Å². The molecule has 0 amide bonds. The molecule has 0 aliphatic heterocycles. The molecule has 0 rings (SSSR count). The highest BCUT2D eigenvalue weighted by atomic mass is 16.6. The van der Waals surface area contributed by atoms with Crippen molar-refractivity contribution >= 4 is 11.9 Å². The highest BCUT2D eigenvalue weighted by Gasteiger charge is 2.28. The van der Waals surface area contributed by atoms with Gasteiger partial charge in [-0.3, -0.25) is 4.79 Å². The topological polar surface area (TPSA) is 72.8 Å². The standard InChI is InChI=1S/C11H20O5/c1-7(6-12)15-9(13)8(2)16-10(14)11(3,4)5/h7-8,12H,6H2,1-5H3. The smallest absolute Gasteiger partial charge is 0.347 e. The van der Waals surface area contributed by atoms with E-state index in [1.54, 1.807) is 27.7 Å². The van der Waals surface area contributed by atoms with Crippen molar-refractivity contribution in [1.29, 1.82) is 0 Å². The van der Waals surface area contributed by atoms with Gasteiger partial charge in [0.15, 0.2) is 6.10 Å². The normalized spacial score (nSPS) is 15.1. The summed E-state index contributed by atoms with van der Waals surface area (Å²) in [5.74, 6) is -1.12. The number of hydrogen-bond acceptors (Lipinski definition) is 5. The molecule has 0 saturated carbocycles. The minimum atomic E-state index is -0.958. The fourth-order valence-corrected chi connectivity index (χ4v) is 0.717. The Bertz CT molecular complexity index is 254. The zero-order valence-corrected chi connectivity index (χ0v) is 10.4. The molecule has 5 heteroatoms. The molecule has 0 fully saturated rings. The Kier molecular flexibility index (Phi) is 5.44. The van der Waals surface area contributed by atoms with Crippen LogP contribution in [0.15, 0.2) is 0 Å². The van der Waals surface area contributed by atoms with Gasteiger partial charge in [0.1, 0.15) is 6.10 Å². The van der Waals surface area contributed by atoms with Gasteiger partial charge in [0.2, 0.25) is 0 Å². The first-order valence-electron chi connectivity index (χ1n) is 5.21. The van der Waals surface area contributed by atoms with E-state index in [-0.39, 0.29) is 6.61 Å². The van der Waals surface area contributed by atoms with Crippen LogP contribution in [0.4, 0.5) is 0 Å². The molecule has 0 radical (unpaired) electrons. The fourth-order valence-electron chi connectivity index (χ4n) is 0.717. The van der Waals surface area contributed by atoms with Crippen molar-refractivity contribution in [2.75, 3.05) is 6.61 Å². The van der Waals surface area contributed by atoms with Crippen molar-refractivity contribution in [2.45, 2.75) is 46.8 Å². The van der Waals surface area contributed by atoms with Gasteiger partial charge in [0, 0.05) is 0 Å². The van der Waals surface area contributed by atoms with Crippen molar-refractivity contribution < 1.29 is 24.2 Å². The largest absolute Gasteiger partial charge is 0.457 e. The lowest BCUT2D eigenvalue weighted by atomic mass is 9.97. The monoisotopic (exact) mass is 232 g/mol. The third-order valence-corrected chi connectivity index (χ3v) is 1.80. The molecular formula is C11H20O5. The van der Waals surface area contributed by atoms with Gasteiger partial charge in [-0.1, -0.05) is 0 Å². The maximum Gasteiger partial charge on any atom is 0.347 e. The molecule has 0 aromatic rings. The van der Waals surface area contributed by atoms with Crippen LogP contribution in [0.1, 0.15) is 34.6 Å². The van der Waals surface area contributed by atoms with Crippen LogP contribution >= 0.6 is 0 Å². The number of aliphatic hydroxyl groups excluding tert-OH is 1. The van der Waals surface area contributed by atoms with Crippen molar-refractivity contribution in [3.8, 4) is 0 Å². The van der Waals surface area contributed by atoms with Gasteiger partial charge >= 0.3 is 11.9 Å². The van der Waals surface area contributed by atoms with Crippen molar-refractivity contribution in [3.63, 3.8) is 0 Å². The maximum absolute atomic E-state index is 11.5. The average Bonchev–Trinajstić information content (AvgIpc) is 2.15. The zero-order chi connectivity index (χ0) is 12.9. The molecule has 0 heterocycles. The van der Waals surface area contributed by atoms with Crippen molar-refractivity contribution in [3.05, 3.63) is 0 Å². The Morgan fingerprint density at radius 2 is 1.69 bits per heavy atom. The summed E-state index contributed by atoms with van der Waals surface area (Å²) in [4.78, 5) is 22.8. The predicted octanol–water partition coefficient (Wildman–Crippen LogP) is 0.888. The Morgan fingerprint density at radius 1 is 1.19 bits per heavy atom. The molecule has 0 spiro atoms. The molecule has 0 saturated heterocycles. The highest BCUT2D eigenvalue weighted by Crippen LogP contribution is 2.16. The number of hydrogen-bond donors (Lipinski definition) is 1. The first-order chi connectivity index (χ1) is 7.18. The summed E-state index contributed by atoms with van der Waals surface area (Å²) in [6, 6.07) is 0. The summed E-state index contributed by atoms with van der Waals surface area (Å²) >= 11 is 0. The average molecular weight is 232 g/mol. The first kappa shape index (κ1) is 14.9. The van der Waals surface area contributed by atoms with Gasteiger partial charge in [0.25, 0.3) is 0 Å². The lowest BCUT2D eigenvalue weighted by Crippen LogP contribution is -2.34. The number of ether oxygens (including phenoxy) is 2. The summed E-state index contributed by atoms with van der Waals surface area (Å²) in [6.45, 7) is 7.83. The van der Waals surface area contributed by atoms with E-state index in [0.29, 0.717) is 0 Å². The number of carbonyl (C=O) groups excluding carboxylic acids is 2. The molecule has 94 valence electrons. The highest BCUT2D eigenvalue weighted by molar-refractivity contribution is 5.81. The molecule has 0 aliphatic rings. The second kappa shape index (κ2) is 5.84. The fraction of sp³-hybridized carbons (Fsp3) is 0.818. The van der Waals surface area contributed by atoms with Crippen LogP contribution < -0.4 is 0 Å². The molecule has 0 aromatic heterocycles. The molecule has 0 aromatic carbocycles. The molecule has 16 heavy (non-hydrogen) atoms. The van der Waals surface area contributed by atoms with Crippen LogP contribution in [0, 0.1) is 5.41 Å². The summed E-state index contributed by atoms with van der Waals surface area (Å²) in [5.41, 5.74) is -0.656. The van der Waals surface area contributed by atoms with E-state index in [0.717, 1.165) is 0 Å². The van der Waals surface area contributed by atoms with E-state index in [2.05, 4.69) is 0 Å². The van der Waals surface area contributed by atoms with E-state index in [1.807, 2.05) is 0 Å². The lowest BCUT2D eigenvalue weighted by Gasteiger charge is -2.20. The third kappa shape index (κ3) is 5.11. The van der Waals surface area contributed by atoms with Crippen LogP contribution in [-0.4, -0.2) is 35.9 Å². The van der Waals surface area contributed by atoms with Crippen LogP contribution in [0.3, 0.4) is 0 Å². The van der Waals surface area contributed by atoms with Gasteiger partial charge in [-0.15, -0.1) is 0 Å². The van der Waals surface area contributed by atoms with Crippen molar-refractivity contribution in [1.82, 2.24) is 0 Å². The number of rotatable bonds is 4. The Labute approximate surface area is 95.7 Å². The Hall–Kier alpha value is -1.10. The second-order valence-corrected chi connectivity index (χ2v) is 4.73.